The number of aryl methyl sites for hydroxylation is 1. The zero-order chi connectivity index (χ0) is 14.6. The first-order valence-corrected chi connectivity index (χ1v) is 7.37. The van der Waals surface area contributed by atoms with Gasteiger partial charge in [-0.15, -0.1) is 0 Å². The molecular weight excluding hydrogens is 266 g/mol. The van der Waals surface area contributed by atoms with Gasteiger partial charge in [0.2, 0.25) is 15.9 Å². The van der Waals surface area contributed by atoms with Crippen molar-refractivity contribution >= 4 is 21.6 Å². The van der Waals surface area contributed by atoms with Crippen molar-refractivity contribution < 1.29 is 13.2 Å². The highest BCUT2D eigenvalue weighted by Crippen LogP contribution is 2.24. The lowest BCUT2D eigenvalue weighted by Crippen LogP contribution is -2.27. The number of primary amides is 1. The van der Waals surface area contributed by atoms with Crippen LogP contribution in [-0.4, -0.2) is 20.9 Å². The third-order valence-electron chi connectivity index (χ3n) is 2.81. The summed E-state index contributed by atoms with van der Waals surface area (Å²) in [6, 6.07) is 3.34. The molecule has 0 unspecified atom stereocenters. The second-order valence-corrected chi connectivity index (χ2v) is 6.10. The SMILES string of the molecule is Cc1ccc(N)c(C)c1S(=O)(=O)NCCCC(N)=O. The van der Waals surface area contributed by atoms with Gasteiger partial charge in [-0.2, -0.15) is 0 Å². The van der Waals surface area contributed by atoms with Crippen molar-refractivity contribution in [2.75, 3.05) is 12.3 Å². The Morgan fingerprint density at radius 1 is 1.32 bits per heavy atom. The lowest BCUT2D eigenvalue weighted by Gasteiger charge is -2.13. The van der Waals surface area contributed by atoms with Crippen molar-refractivity contribution in [3.8, 4) is 0 Å². The molecule has 7 heteroatoms. The van der Waals surface area contributed by atoms with Gasteiger partial charge in [-0.25, -0.2) is 13.1 Å². The predicted molar refractivity (Wildman–Crippen MR) is 73.9 cm³/mol. The number of rotatable bonds is 6. The molecule has 1 aromatic rings. The number of hydrogen-bond donors (Lipinski definition) is 3. The number of benzene rings is 1. The highest BCUT2D eigenvalue weighted by molar-refractivity contribution is 7.89. The standard InChI is InChI=1S/C12H19N3O3S/c1-8-5-6-10(13)9(2)12(8)19(17,18)15-7-3-4-11(14)16/h5-6,15H,3-4,7,13H2,1-2H3,(H2,14,16). The third-order valence-corrected chi connectivity index (χ3v) is 4.56. The van der Waals surface area contributed by atoms with E-state index in [0.29, 0.717) is 23.2 Å². The molecule has 0 aliphatic heterocycles. The van der Waals surface area contributed by atoms with E-state index in [-0.39, 0.29) is 17.9 Å². The normalized spacial score (nSPS) is 11.5. The summed E-state index contributed by atoms with van der Waals surface area (Å²) >= 11 is 0. The number of nitrogens with one attached hydrogen (secondary N) is 1. The molecule has 19 heavy (non-hydrogen) atoms. The first-order valence-electron chi connectivity index (χ1n) is 5.89. The van der Waals surface area contributed by atoms with E-state index in [4.69, 9.17) is 11.5 Å². The molecule has 106 valence electrons. The Labute approximate surface area is 113 Å². The number of carbonyl (C=O) groups is 1. The smallest absolute Gasteiger partial charge is 0.241 e. The number of nitrogens with two attached hydrogens (primary N) is 2. The Bertz CT molecular complexity index is 582. The van der Waals surface area contributed by atoms with Gasteiger partial charge in [-0.3, -0.25) is 4.79 Å². The third kappa shape index (κ3) is 3.93. The zero-order valence-corrected chi connectivity index (χ0v) is 11.9. The molecule has 0 saturated carbocycles. The van der Waals surface area contributed by atoms with E-state index in [2.05, 4.69) is 4.72 Å². The molecule has 5 N–H and O–H groups in total. The molecule has 0 aliphatic rings. The van der Waals surface area contributed by atoms with Crippen LogP contribution < -0.4 is 16.2 Å². The van der Waals surface area contributed by atoms with E-state index in [0.717, 1.165) is 0 Å². The molecule has 1 rings (SSSR count). The molecule has 6 nitrogen and oxygen atoms in total. The van der Waals surface area contributed by atoms with Gasteiger partial charge in [0.15, 0.2) is 0 Å². The molecule has 1 aromatic carbocycles. The van der Waals surface area contributed by atoms with Crippen molar-refractivity contribution in [1.29, 1.82) is 0 Å². The molecule has 0 heterocycles. The zero-order valence-electron chi connectivity index (χ0n) is 11.1. The monoisotopic (exact) mass is 285 g/mol. The number of anilines is 1. The predicted octanol–water partition coefficient (Wildman–Crippen LogP) is 0.429. The van der Waals surface area contributed by atoms with Gasteiger partial charge in [-0.05, 0) is 37.5 Å². The summed E-state index contributed by atoms with van der Waals surface area (Å²) in [6.45, 7) is 3.55. The Morgan fingerprint density at radius 2 is 1.95 bits per heavy atom. The van der Waals surface area contributed by atoms with Gasteiger partial charge in [0.05, 0.1) is 4.90 Å². The Hall–Kier alpha value is -1.60. The molecule has 0 fully saturated rings. The molecule has 0 radical (unpaired) electrons. The maximum Gasteiger partial charge on any atom is 0.241 e. The number of sulfonamides is 1. The van der Waals surface area contributed by atoms with Crippen LogP contribution >= 0.6 is 0 Å². The molecule has 1 amide bonds. The maximum absolute atomic E-state index is 12.2. The summed E-state index contributed by atoms with van der Waals surface area (Å²) in [6.07, 6.45) is 0.520. The van der Waals surface area contributed by atoms with Gasteiger partial charge in [0.25, 0.3) is 0 Å². The van der Waals surface area contributed by atoms with Crippen molar-refractivity contribution in [1.82, 2.24) is 4.72 Å². The van der Waals surface area contributed by atoms with Crippen LogP contribution in [-0.2, 0) is 14.8 Å². The summed E-state index contributed by atoms with van der Waals surface area (Å²) < 4.78 is 26.8. The van der Waals surface area contributed by atoms with Crippen molar-refractivity contribution in [3.63, 3.8) is 0 Å². The number of hydrogen-bond acceptors (Lipinski definition) is 4. The minimum atomic E-state index is -3.62. The van der Waals surface area contributed by atoms with Crippen LogP contribution in [0.4, 0.5) is 5.69 Å². The van der Waals surface area contributed by atoms with E-state index < -0.39 is 15.9 Å². The van der Waals surface area contributed by atoms with E-state index >= 15 is 0 Å². The van der Waals surface area contributed by atoms with Crippen LogP contribution in [0.25, 0.3) is 0 Å². The van der Waals surface area contributed by atoms with Crippen LogP contribution in [0.2, 0.25) is 0 Å². The molecule has 0 atom stereocenters. The minimum absolute atomic E-state index is 0.150. The van der Waals surface area contributed by atoms with Crippen molar-refractivity contribution in [2.45, 2.75) is 31.6 Å². The Balaban J connectivity index is 2.89. The summed E-state index contributed by atoms with van der Waals surface area (Å²) in [5.41, 5.74) is 12.3. The highest BCUT2D eigenvalue weighted by atomic mass is 32.2. The highest BCUT2D eigenvalue weighted by Gasteiger charge is 2.20. The second-order valence-electron chi connectivity index (χ2n) is 4.39. The summed E-state index contributed by atoms with van der Waals surface area (Å²) in [7, 11) is -3.62. The molecular formula is C12H19N3O3S. The molecule has 0 aromatic heterocycles. The summed E-state index contributed by atoms with van der Waals surface area (Å²) in [5, 5.41) is 0. The van der Waals surface area contributed by atoms with Crippen LogP contribution in [0.1, 0.15) is 24.0 Å². The second kappa shape index (κ2) is 6.03. The van der Waals surface area contributed by atoms with E-state index in [1.165, 1.54) is 0 Å². The summed E-state index contributed by atoms with van der Waals surface area (Å²) in [5.74, 6) is -0.449. The number of carbonyl (C=O) groups excluding carboxylic acids is 1. The van der Waals surface area contributed by atoms with Gasteiger partial charge in [0, 0.05) is 18.7 Å². The van der Waals surface area contributed by atoms with Crippen LogP contribution in [0.5, 0.6) is 0 Å². The fourth-order valence-electron chi connectivity index (χ4n) is 1.80. The minimum Gasteiger partial charge on any atom is -0.398 e. The average molecular weight is 285 g/mol. The topological polar surface area (TPSA) is 115 Å². The first kappa shape index (κ1) is 15.5. The van der Waals surface area contributed by atoms with Gasteiger partial charge in [0.1, 0.15) is 0 Å². The molecule has 0 spiro atoms. The quantitative estimate of drug-likeness (QED) is 0.519. The lowest BCUT2D eigenvalue weighted by molar-refractivity contribution is -0.118. The molecule has 0 aliphatic carbocycles. The van der Waals surface area contributed by atoms with E-state index in [1.807, 2.05) is 0 Å². The van der Waals surface area contributed by atoms with Gasteiger partial charge in [-0.1, -0.05) is 6.07 Å². The number of nitrogen functional groups attached to an aromatic ring is 1. The van der Waals surface area contributed by atoms with Gasteiger partial charge < -0.3 is 11.5 Å². The maximum atomic E-state index is 12.2. The lowest BCUT2D eigenvalue weighted by atomic mass is 10.1. The van der Waals surface area contributed by atoms with Crippen LogP contribution in [0, 0.1) is 13.8 Å². The van der Waals surface area contributed by atoms with Crippen molar-refractivity contribution in [2.24, 2.45) is 5.73 Å². The average Bonchev–Trinajstić information content (AvgIpc) is 2.29. The van der Waals surface area contributed by atoms with Crippen LogP contribution in [0.15, 0.2) is 17.0 Å². The molecule has 0 saturated heterocycles. The largest absolute Gasteiger partial charge is 0.398 e. The van der Waals surface area contributed by atoms with Crippen molar-refractivity contribution in [3.05, 3.63) is 23.3 Å². The Morgan fingerprint density at radius 3 is 2.53 bits per heavy atom. The first-order chi connectivity index (χ1) is 8.75. The van der Waals surface area contributed by atoms with Crippen LogP contribution in [0.3, 0.4) is 0 Å². The fourth-order valence-corrected chi connectivity index (χ4v) is 3.37. The van der Waals surface area contributed by atoms with E-state index in [1.54, 1.807) is 26.0 Å². The Kier molecular flexibility index (Phi) is 4.90. The van der Waals surface area contributed by atoms with Gasteiger partial charge >= 0.3 is 0 Å². The molecule has 0 bridgehead atoms. The number of amides is 1. The fraction of sp³-hybridized carbons (Fsp3) is 0.417. The summed E-state index contributed by atoms with van der Waals surface area (Å²) in [4.78, 5) is 10.8. The van der Waals surface area contributed by atoms with E-state index in [9.17, 15) is 13.2 Å².